The molecule has 0 aliphatic rings. The second-order valence-electron chi connectivity index (χ2n) is 5.45. The van der Waals surface area contributed by atoms with Gasteiger partial charge in [0.25, 0.3) is 0 Å². The summed E-state index contributed by atoms with van der Waals surface area (Å²) in [5.74, 6) is 1.78. The number of para-hydroxylation sites is 1. The van der Waals surface area contributed by atoms with Crippen LogP contribution in [0.25, 0.3) is 0 Å². The van der Waals surface area contributed by atoms with Crippen molar-refractivity contribution in [1.82, 2.24) is 15.6 Å². The number of hydrogen-bond acceptors (Lipinski definition) is 4. The summed E-state index contributed by atoms with van der Waals surface area (Å²) < 4.78 is 5.80. The maximum Gasteiger partial charge on any atom is 0.191 e. The van der Waals surface area contributed by atoms with Crippen molar-refractivity contribution in [2.75, 3.05) is 19.7 Å². The van der Waals surface area contributed by atoms with Crippen molar-refractivity contribution in [2.24, 2.45) is 4.99 Å². The third-order valence-electron chi connectivity index (χ3n) is 3.35. The van der Waals surface area contributed by atoms with Gasteiger partial charge in [0.2, 0.25) is 0 Å². The fraction of sp³-hybridized carbons (Fsp3) is 0.444. The third-order valence-corrected chi connectivity index (χ3v) is 4.25. The van der Waals surface area contributed by atoms with E-state index in [2.05, 4.69) is 47.4 Å². The molecule has 2 aromatic rings. The summed E-state index contributed by atoms with van der Waals surface area (Å²) in [5, 5.41) is 7.62. The van der Waals surface area contributed by atoms with E-state index in [1.807, 2.05) is 24.4 Å². The van der Waals surface area contributed by atoms with Gasteiger partial charge in [-0.1, -0.05) is 18.2 Å². The molecule has 0 bridgehead atoms. The molecule has 0 radical (unpaired) electrons. The predicted molar refractivity (Wildman–Crippen MR) is 116 cm³/mol. The Morgan fingerprint density at radius 1 is 1.24 bits per heavy atom. The number of guanidine groups is 1. The highest BCUT2D eigenvalue weighted by Gasteiger charge is 2.01. The van der Waals surface area contributed by atoms with Crippen molar-refractivity contribution in [3.8, 4) is 5.75 Å². The molecule has 0 amide bonds. The largest absolute Gasteiger partial charge is 0.493 e. The second kappa shape index (κ2) is 12.1. The Bertz CT molecular complexity index is 660. The van der Waals surface area contributed by atoms with Crippen LogP contribution in [0.1, 0.15) is 28.8 Å². The average molecular weight is 474 g/mol. The summed E-state index contributed by atoms with van der Waals surface area (Å²) >= 11 is 1.68. The highest BCUT2D eigenvalue weighted by molar-refractivity contribution is 14.0. The van der Waals surface area contributed by atoms with Crippen LogP contribution in [-0.4, -0.2) is 30.6 Å². The van der Waals surface area contributed by atoms with Crippen LogP contribution < -0.4 is 15.4 Å². The van der Waals surface area contributed by atoms with Crippen LogP contribution in [0.15, 0.2) is 35.5 Å². The first-order valence-electron chi connectivity index (χ1n) is 8.31. The molecule has 0 unspecified atom stereocenters. The SMILES string of the molecule is CCNC(=NCc1ncc(C)s1)NCCCOc1ccccc1C.I. The van der Waals surface area contributed by atoms with Crippen LogP contribution in [0, 0.1) is 13.8 Å². The molecule has 0 atom stereocenters. The molecule has 1 aromatic heterocycles. The number of ether oxygens (including phenoxy) is 1. The van der Waals surface area contributed by atoms with E-state index in [9.17, 15) is 0 Å². The van der Waals surface area contributed by atoms with Gasteiger partial charge in [-0.05, 0) is 38.8 Å². The number of nitrogens with zero attached hydrogens (tertiary/aromatic N) is 2. The number of aryl methyl sites for hydroxylation is 2. The lowest BCUT2D eigenvalue weighted by Crippen LogP contribution is -2.38. The first-order chi connectivity index (χ1) is 11.7. The fourth-order valence-corrected chi connectivity index (χ4v) is 2.85. The van der Waals surface area contributed by atoms with Crippen LogP contribution in [0.3, 0.4) is 0 Å². The number of thiazole rings is 1. The molecule has 0 aliphatic carbocycles. The summed E-state index contributed by atoms with van der Waals surface area (Å²) in [6, 6.07) is 8.08. The minimum Gasteiger partial charge on any atom is -0.493 e. The lowest BCUT2D eigenvalue weighted by atomic mass is 10.2. The van der Waals surface area contributed by atoms with Gasteiger partial charge < -0.3 is 15.4 Å². The van der Waals surface area contributed by atoms with Gasteiger partial charge in [-0.3, -0.25) is 0 Å². The quantitative estimate of drug-likeness (QED) is 0.264. The Kier molecular flexibility index (Phi) is 10.5. The number of aliphatic imine (C=N–C) groups is 1. The Balaban J connectivity index is 0.00000312. The molecular weight excluding hydrogens is 447 g/mol. The molecule has 0 fully saturated rings. The van der Waals surface area contributed by atoms with Crippen LogP contribution >= 0.6 is 35.3 Å². The van der Waals surface area contributed by atoms with Crippen LogP contribution in [0.2, 0.25) is 0 Å². The zero-order valence-electron chi connectivity index (χ0n) is 15.0. The smallest absolute Gasteiger partial charge is 0.191 e. The Labute approximate surface area is 171 Å². The summed E-state index contributed by atoms with van der Waals surface area (Å²) in [4.78, 5) is 10.1. The number of hydrogen-bond donors (Lipinski definition) is 2. The van der Waals surface area contributed by atoms with E-state index in [-0.39, 0.29) is 24.0 Å². The van der Waals surface area contributed by atoms with E-state index in [1.165, 1.54) is 10.4 Å². The van der Waals surface area contributed by atoms with Gasteiger partial charge in [0.05, 0.1) is 13.2 Å². The summed E-state index contributed by atoms with van der Waals surface area (Å²) in [7, 11) is 0. The molecule has 2 N–H and O–H groups in total. The Morgan fingerprint density at radius 2 is 2.04 bits per heavy atom. The molecule has 25 heavy (non-hydrogen) atoms. The second-order valence-corrected chi connectivity index (χ2v) is 6.77. The highest BCUT2D eigenvalue weighted by atomic mass is 127. The third kappa shape index (κ3) is 8.04. The van der Waals surface area contributed by atoms with Gasteiger partial charge in [0.1, 0.15) is 10.8 Å². The van der Waals surface area contributed by atoms with Gasteiger partial charge in [-0.25, -0.2) is 9.98 Å². The highest BCUT2D eigenvalue weighted by Crippen LogP contribution is 2.16. The van der Waals surface area contributed by atoms with E-state index >= 15 is 0 Å². The number of nitrogens with one attached hydrogen (secondary N) is 2. The van der Waals surface area contributed by atoms with Crippen molar-refractivity contribution in [2.45, 2.75) is 33.7 Å². The standard InChI is InChI=1S/C18H26N4OS.HI/c1-4-19-18(22-13-17-21-12-15(3)24-17)20-10-7-11-23-16-9-6-5-8-14(16)2;/h5-6,8-9,12H,4,7,10-11,13H2,1-3H3,(H2,19,20,22);1H. The summed E-state index contributed by atoms with van der Waals surface area (Å²) in [6.07, 6.45) is 2.80. The minimum atomic E-state index is 0. The predicted octanol–water partition coefficient (Wildman–Crippen LogP) is 3.90. The van der Waals surface area contributed by atoms with Crippen LogP contribution in [-0.2, 0) is 6.54 Å². The molecule has 0 saturated carbocycles. The number of halogens is 1. The number of rotatable bonds is 8. The van der Waals surface area contributed by atoms with Gasteiger partial charge in [-0.2, -0.15) is 0 Å². The first kappa shape index (κ1) is 21.7. The van der Waals surface area contributed by atoms with E-state index < -0.39 is 0 Å². The molecule has 1 aromatic carbocycles. The van der Waals surface area contributed by atoms with Crippen molar-refractivity contribution in [3.05, 3.63) is 45.9 Å². The summed E-state index contributed by atoms with van der Waals surface area (Å²) in [6.45, 7) is 9.12. The lowest BCUT2D eigenvalue weighted by Gasteiger charge is -2.12. The Hall–Kier alpha value is -1.35. The van der Waals surface area contributed by atoms with Crippen LogP contribution in [0.5, 0.6) is 5.75 Å². The molecule has 7 heteroatoms. The molecule has 1 heterocycles. The zero-order chi connectivity index (χ0) is 17.2. The van der Waals surface area contributed by atoms with E-state index in [4.69, 9.17) is 4.74 Å². The number of benzene rings is 1. The van der Waals surface area contributed by atoms with Crippen LogP contribution in [0.4, 0.5) is 0 Å². The van der Waals surface area contributed by atoms with E-state index in [0.29, 0.717) is 13.2 Å². The lowest BCUT2D eigenvalue weighted by molar-refractivity contribution is 0.309. The average Bonchev–Trinajstić information content (AvgIpc) is 2.99. The van der Waals surface area contributed by atoms with E-state index in [0.717, 1.165) is 36.2 Å². The fourth-order valence-electron chi connectivity index (χ4n) is 2.14. The molecular formula is C18H27IN4OS. The van der Waals surface area contributed by atoms with Crippen molar-refractivity contribution in [1.29, 1.82) is 0 Å². The van der Waals surface area contributed by atoms with Gasteiger partial charge in [-0.15, -0.1) is 35.3 Å². The normalized spacial score (nSPS) is 10.9. The first-order valence-corrected chi connectivity index (χ1v) is 9.12. The van der Waals surface area contributed by atoms with Crippen molar-refractivity contribution < 1.29 is 4.74 Å². The Morgan fingerprint density at radius 3 is 2.72 bits per heavy atom. The maximum absolute atomic E-state index is 5.80. The monoisotopic (exact) mass is 474 g/mol. The molecule has 0 spiro atoms. The van der Waals surface area contributed by atoms with E-state index in [1.54, 1.807) is 11.3 Å². The molecule has 138 valence electrons. The molecule has 5 nitrogen and oxygen atoms in total. The maximum atomic E-state index is 5.80. The van der Waals surface area contributed by atoms with Gasteiger partial charge in [0.15, 0.2) is 5.96 Å². The zero-order valence-corrected chi connectivity index (χ0v) is 18.2. The molecule has 2 rings (SSSR count). The van der Waals surface area contributed by atoms with Gasteiger partial charge >= 0.3 is 0 Å². The molecule has 0 saturated heterocycles. The topological polar surface area (TPSA) is 58.5 Å². The van der Waals surface area contributed by atoms with Gasteiger partial charge in [0, 0.05) is 24.2 Å². The minimum absolute atomic E-state index is 0. The molecule has 0 aliphatic heterocycles. The van der Waals surface area contributed by atoms with Crippen molar-refractivity contribution >= 4 is 41.3 Å². The number of aromatic nitrogens is 1. The van der Waals surface area contributed by atoms with Crippen molar-refractivity contribution in [3.63, 3.8) is 0 Å². The summed E-state index contributed by atoms with van der Waals surface area (Å²) in [5.41, 5.74) is 1.17.